The van der Waals surface area contributed by atoms with E-state index in [9.17, 15) is 8.78 Å². The van der Waals surface area contributed by atoms with Gasteiger partial charge in [0.25, 0.3) is 0 Å². The van der Waals surface area contributed by atoms with Gasteiger partial charge in [-0.2, -0.15) is 0 Å². The van der Waals surface area contributed by atoms with Crippen molar-refractivity contribution in [3.63, 3.8) is 0 Å². The molecule has 1 atom stereocenters. The summed E-state index contributed by atoms with van der Waals surface area (Å²) in [6.45, 7) is 1.85. The maximum absolute atomic E-state index is 13.7. The third-order valence-electron chi connectivity index (χ3n) is 2.77. The maximum atomic E-state index is 13.7. The molecule has 4 nitrogen and oxygen atoms in total. The summed E-state index contributed by atoms with van der Waals surface area (Å²) in [5.41, 5.74) is 3.02. The molecule has 2 rings (SSSR count). The van der Waals surface area contributed by atoms with Crippen molar-refractivity contribution in [3.05, 3.63) is 52.0 Å². The molecule has 1 aromatic heterocycles. The predicted molar refractivity (Wildman–Crippen MR) is 78.1 cm³/mol. The first-order valence-electron chi connectivity index (χ1n) is 5.86. The summed E-state index contributed by atoms with van der Waals surface area (Å²) in [6.07, 6.45) is 0. The lowest BCUT2D eigenvalue weighted by atomic mass is 10.1. The number of hydrazine groups is 1. The minimum atomic E-state index is -0.842. The highest BCUT2D eigenvalue weighted by atomic mass is 79.9. The number of aromatic nitrogens is 1. The van der Waals surface area contributed by atoms with Crippen molar-refractivity contribution in [1.29, 1.82) is 0 Å². The van der Waals surface area contributed by atoms with Crippen LogP contribution in [0.4, 0.5) is 20.4 Å². The summed E-state index contributed by atoms with van der Waals surface area (Å²) in [6, 6.07) is 8.10. The second-order valence-electron chi connectivity index (χ2n) is 4.21. The van der Waals surface area contributed by atoms with Crippen molar-refractivity contribution < 1.29 is 8.78 Å². The van der Waals surface area contributed by atoms with Crippen LogP contribution in [0.1, 0.15) is 18.5 Å². The molecule has 0 spiro atoms. The molecule has 0 radical (unpaired) electrons. The second-order valence-corrected chi connectivity index (χ2v) is 5.13. The predicted octanol–water partition coefficient (Wildman–Crippen LogP) is 3.58. The van der Waals surface area contributed by atoms with Crippen LogP contribution in [0.25, 0.3) is 0 Å². The fourth-order valence-corrected chi connectivity index (χ4v) is 2.15. The molecule has 20 heavy (non-hydrogen) atoms. The van der Waals surface area contributed by atoms with E-state index >= 15 is 0 Å². The Balaban J connectivity index is 2.25. The minimum Gasteiger partial charge on any atom is -0.361 e. The van der Waals surface area contributed by atoms with Crippen molar-refractivity contribution in [1.82, 2.24) is 4.98 Å². The Kier molecular flexibility index (Phi) is 4.51. The van der Waals surface area contributed by atoms with Gasteiger partial charge in [0.15, 0.2) is 23.3 Å². The van der Waals surface area contributed by atoms with E-state index in [1.807, 2.05) is 31.2 Å². The molecular weight excluding hydrogens is 330 g/mol. The molecule has 1 heterocycles. The SMILES string of the molecule is CC(Nc1nc(NN)c(F)cc1F)c1cccc(Br)c1. The fraction of sp³-hybridized carbons (Fsp3) is 0.154. The average Bonchev–Trinajstić information content (AvgIpc) is 2.41. The molecule has 0 aliphatic rings. The van der Waals surface area contributed by atoms with E-state index in [1.54, 1.807) is 0 Å². The number of nitrogens with two attached hydrogens (primary N) is 1. The average molecular weight is 343 g/mol. The number of hydrogen-bond donors (Lipinski definition) is 3. The molecule has 106 valence electrons. The Morgan fingerprint density at radius 2 is 1.90 bits per heavy atom. The Bertz CT molecular complexity index is 621. The summed E-state index contributed by atoms with van der Waals surface area (Å²) in [5.74, 6) is 3.23. The van der Waals surface area contributed by atoms with Crippen LogP contribution in [0.15, 0.2) is 34.8 Å². The number of nitrogens with one attached hydrogen (secondary N) is 2. The van der Waals surface area contributed by atoms with E-state index < -0.39 is 11.6 Å². The van der Waals surface area contributed by atoms with E-state index in [4.69, 9.17) is 5.84 Å². The van der Waals surface area contributed by atoms with Gasteiger partial charge in [0.05, 0.1) is 6.04 Å². The summed E-state index contributed by atoms with van der Waals surface area (Å²) in [4.78, 5) is 3.77. The summed E-state index contributed by atoms with van der Waals surface area (Å²) in [5, 5.41) is 2.89. The number of benzene rings is 1. The van der Waals surface area contributed by atoms with Crippen LogP contribution in [0.3, 0.4) is 0 Å². The quantitative estimate of drug-likeness (QED) is 0.587. The van der Waals surface area contributed by atoms with E-state index in [2.05, 4.69) is 31.7 Å². The lowest BCUT2D eigenvalue weighted by molar-refractivity contribution is 0.576. The van der Waals surface area contributed by atoms with Gasteiger partial charge in [0.2, 0.25) is 0 Å². The highest BCUT2D eigenvalue weighted by Gasteiger charge is 2.14. The molecule has 0 saturated heterocycles. The van der Waals surface area contributed by atoms with Crippen LogP contribution >= 0.6 is 15.9 Å². The number of nitrogen functional groups attached to an aromatic ring is 1. The molecule has 0 aliphatic heterocycles. The van der Waals surface area contributed by atoms with Crippen molar-refractivity contribution in [2.75, 3.05) is 10.7 Å². The molecule has 0 aliphatic carbocycles. The third-order valence-corrected chi connectivity index (χ3v) is 3.26. The van der Waals surface area contributed by atoms with E-state index in [-0.39, 0.29) is 17.7 Å². The lowest BCUT2D eigenvalue weighted by Gasteiger charge is -2.16. The van der Waals surface area contributed by atoms with Gasteiger partial charge < -0.3 is 10.7 Å². The van der Waals surface area contributed by atoms with Crippen molar-refractivity contribution in [3.8, 4) is 0 Å². The molecule has 2 aromatic rings. The van der Waals surface area contributed by atoms with E-state index in [1.165, 1.54) is 0 Å². The van der Waals surface area contributed by atoms with Gasteiger partial charge in [0, 0.05) is 10.5 Å². The topological polar surface area (TPSA) is 63.0 Å². The van der Waals surface area contributed by atoms with Gasteiger partial charge in [-0.3, -0.25) is 0 Å². The molecule has 1 aromatic carbocycles. The molecule has 0 fully saturated rings. The van der Waals surface area contributed by atoms with Crippen molar-refractivity contribution in [2.24, 2.45) is 5.84 Å². The maximum Gasteiger partial charge on any atom is 0.178 e. The van der Waals surface area contributed by atoms with Crippen LogP contribution < -0.4 is 16.6 Å². The first-order chi connectivity index (χ1) is 9.51. The number of halogens is 3. The van der Waals surface area contributed by atoms with Crippen LogP contribution in [0.2, 0.25) is 0 Å². The highest BCUT2D eigenvalue weighted by Crippen LogP contribution is 2.24. The van der Waals surface area contributed by atoms with Gasteiger partial charge >= 0.3 is 0 Å². The minimum absolute atomic E-state index is 0.0631. The first kappa shape index (κ1) is 14.7. The van der Waals surface area contributed by atoms with Gasteiger partial charge in [0.1, 0.15) is 0 Å². The van der Waals surface area contributed by atoms with Crippen molar-refractivity contribution in [2.45, 2.75) is 13.0 Å². The van der Waals surface area contributed by atoms with Gasteiger partial charge in [-0.05, 0) is 24.6 Å². The van der Waals surface area contributed by atoms with Crippen LogP contribution in [0.5, 0.6) is 0 Å². The fourth-order valence-electron chi connectivity index (χ4n) is 1.73. The standard InChI is InChI=1S/C13H13BrF2N4/c1-7(8-3-2-4-9(14)5-8)18-12-10(15)6-11(16)13(19-12)20-17/h2-7H,17H2,1H3,(H2,18,19,20). The van der Waals surface area contributed by atoms with Gasteiger partial charge in [-0.1, -0.05) is 28.1 Å². The number of anilines is 2. The Labute approximate surface area is 123 Å². The number of rotatable bonds is 4. The first-order valence-corrected chi connectivity index (χ1v) is 6.65. The van der Waals surface area contributed by atoms with E-state index in [0.29, 0.717) is 0 Å². The second kappa shape index (κ2) is 6.15. The molecular formula is C13H13BrF2N4. The summed E-state index contributed by atoms with van der Waals surface area (Å²) < 4.78 is 27.9. The number of hydrogen-bond acceptors (Lipinski definition) is 4. The molecule has 0 amide bonds. The Morgan fingerprint density at radius 3 is 2.55 bits per heavy atom. The summed E-state index contributed by atoms with van der Waals surface area (Å²) in [7, 11) is 0. The lowest BCUT2D eigenvalue weighted by Crippen LogP contribution is -2.15. The van der Waals surface area contributed by atoms with Gasteiger partial charge in [-0.25, -0.2) is 19.6 Å². The van der Waals surface area contributed by atoms with Crippen molar-refractivity contribution >= 4 is 27.6 Å². The zero-order chi connectivity index (χ0) is 14.7. The van der Waals surface area contributed by atoms with E-state index in [0.717, 1.165) is 16.1 Å². The monoisotopic (exact) mass is 342 g/mol. The Morgan fingerprint density at radius 1 is 1.20 bits per heavy atom. The zero-order valence-electron chi connectivity index (χ0n) is 10.6. The normalized spacial score (nSPS) is 12.1. The highest BCUT2D eigenvalue weighted by molar-refractivity contribution is 9.10. The molecule has 0 bridgehead atoms. The third kappa shape index (κ3) is 3.23. The van der Waals surface area contributed by atoms with Crippen LogP contribution in [-0.4, -0.2) is 4.98 Å². The van der Waals surface area contributed by atoms with Gasteiger partial charge in [-0.15, -0.1) is 0 Å². The zero-order valence-corrected chi connectivity index (χ0v) is 12.2. The molecule has 4 N–H and O–H groups in total. The number of pyridine rings is 1. The molecule has 1 unspecified atom stereocenters. The molecule has 0 saturated carbocycles. The summed E-state index contributed by atoms with van der Waals surface area (Å²) >= 11 is 3.37. The Hall–Kier alpha value is -1.73. The largest absolute Gasteiger partial charge is 0.361 e. The smallest absolute Gasteiger partial charge is 0.178 e. The van der Waals surface area contributed by atoms with Crippen LogP contribution in [-0.2, 0) is 0 Å². The molecule has 7 heteroatoms. The number of nitrogens with zero attached hydrogens (tertiary/aromatic N) is 1. The van der Waals surface area contributed by atoms with Crippen LogP contribution in [0, 0.1) is 11.6 Å².